The SMILES string of the molecule is CCNC(=O)[C@H](C)Oc1ccc([N+](=O)[O-])c(C)c1. The lowest BCUT2D eigenvalue weighted by atomic mass is 10.2. The molecule has 0 unspecified atom stereocenters. The summed E-state index contributed by atoms with van der Waals surface area (Å²) in [6.45, 7) is 5.61. The number of aryl methyl sites for hydroxylation is 1. The van der Waals surface area contributed by atoms with Gasteiger partial charge in [0.1, 0.15) is 5.75 Å². The minimum atomic E-state index is -0.634. The Labute approximate surface area is 105 Å². The van der Waals surface area contributed by atoms with E-state index < -0.39 is 11.0 Å². The van der Waals surface area contributed by atoms with Crippen molar-refractivity contribution in [1.29, 1.82) is 0 Å². The summed E-state index contributed by atoms with van der Waals surface area (Å²) in [6, 6.07) is 4.41. The van der Waals surface area contributed by atoms with Crippen molar-refractivity contribution in [1.82, 2.24) is 5.32 Å². The number of nitro benzene ring substituents is 1. The summed E-state index contributed by atoms with van der Waals surface area (Å²) in [5.74, 6) is 0.227. The minimum Gasteiger partial charge on any atom is -0.481 e. The molecule has 0 saturated carbocycles. The number of nitrogens with zero attached hydrogens (tertiary/aromatic N) is 1. The summed E-state index contributed by atoms with van der Waals surface area (Å²) in [4.78, 5) is 21.7. The van der Waals surface area contributed by atoms with E-state index >= 15 is 0 Å². The van der Waals surface area contributed by atoms with E-state index in [2.05, 4.69) is 5.32 Å². The fourth-order valence-corrected chi connectivity index (χ4v) is 1.48. The van der Waals surface area contributed by atoms with Gasteiger partial charge in [-0.2, -0.15) is 0 Å². The summed E-state index contributed by atoms with van der Waals surface area (Å²) in [5.41, 5.74) is 0.536. The first-order chi connectivity index (χ1) is 8.45. The molecule has 18 heavy (non-hydrogen) atoms. The van der Waals surface area contributed by atoms with Crippen LogP contribution >= 0.6 is 0 Å². The molecule has 0 aromatic heterocycles. The predicted molar refractivity (Wildman–Crippen MR) is 66.6 cm³/mol. The van der Waals surface area contributed by atoms with Gasteiger partial charge < -0.3 is 10.1 Å². The highest BCUT2D eigenvalue weighted by atomic mass is 16.6. The van der Waals surface area contributed by atoms with Crippen LogP contribution in [0.2, 0.25) is 0 Å². The van der Waals surface area contributed by atoms with Crippen LogP contribution in [-0.4, -0.2) is 23.5 Å². The fraction of sp³-hybridized carbons (Fsp3) is 0.417. The van der Waals surface area contributed by atoms with Crippen LogP contribution in [0.15, 0.2) is 18.2 Å². The van der Waals surface area contributed by atoms with Gasteiger partial charge in [-0.05, 0) is 32.9 Å². The van der Waals surface area contributed by atoms with Crippen molar-refractivity contribution in [3.8, 4) is 5.75 Å². The standard InChI is InChI=1S/C12H16N2O4/c1-4-13-12(15)9(3)18-10-5-6-11(14(16)17)8(2)7-10/h5-7,9H,4H2,1-3H3,(H,13,15)/t9-/m0/s1. The number of ether oxygens (including phenoxy) is 1. The Kier molecular flexibility index (Phi) is 4.65. The number of likely N-dealkylation sites (N-methyl/N-ethyl adjacent to an activating group) is 1. The van der Waals surface area contributed by atoms with E-state index in [1.807, 2.05) is 6.92 Å². The van der Waals surface area contributed by atoms with Crippen LogP contribution in [0.5, 0.6) is 5.75 Å². The molecule has 0 fully saturated rings. The zero-order valence-electron chi connectivity index (χ0n) is 10.6. The van der Waals surface area contributed by atoms with Crippen molar-refractivity contribution in [2.45, 2.75) is 26.9 Å². The number of carbonyl (C=O) groups excluding carboxylic acids is 1. The maximum Gasteiger partial charge on any atom is 0.272 e. The molecule has 0 heterocycles. The molecule has 98 valence electrons. The van der Waals surface area contributed by atoms with Gasteiger partial charge >= 0.3 is 0 Å². The van der Waals surface area contributed by atoms with Crippen LogP contribution in [0.3, 0.4) is 0 Å². The maximum atomic E-state index is 11.5. The van der Waals surface area contributed by atoms with Crippen molar-refractivity contribution in [2.24, 2.45) is 0 Å². The Bertz CT molecular complexity index is 459. The molecule has 1 rings (SSSR count). The maximum absolute atomic E-state index is 11.5. The molecule has 6 nitrogen and oxygen atoms in total. The lowest BCUT2D eigenvalue weighted by Crippen LogP contribution is -2.36. The molecule has 0 bridgehead atoms. The van der Waals surface area contributed by atoms with Crippen molar-refractivity contribution in [2.75, 3.05) is 6.54 Å². The number of hydrogen-bond donors (Lipinski definition) is 1. The molecule has 1 atom stereocenters. The Hall–Kier alpha value is -2.11. The quantitative estimate of drug-likeness (QED) is 0.640. The van der Waals surface area contributed by atoms with Crippen LogP contribution in [-0.2, 0) is 4.79 Å². The molecule has 0 aliphatic heterocycles. The van der Waals surface area contributed by atoms with Gasteiger partial charge in [-0.25, -0.2) is 0 Å². The highest BCUT2D eigenvalue weighted by molar-refractivity contribution is 5.80. The molecule has 1 aromatic carbocycles. The number of rotatable bonds is 5. The summed E-state index contributed by atoms with van der Waals surface area (Å²) < 4.78 is 5.41. The highest BCUT2D eigenvalue weighted by Gasteiger charge is 2.15. The fourth-order valence-electron chi connectivity index (χ4n) is 1.48. The number of carbonyl (C=O) groups is 1. The van der Waals surface area contributed by atoms with E-state index in [0.29, 0.717) is 17.9 Å². The average molecular weight is 252 g/mol. The summed E-state index contributed by atoms with van der Waals surface area (Å²) >= 11 is 0. The van der Waals surface area contributed by atoms with Gasteiger partial charge in [0.2, 0.25) is 0 Å². The molecule has 0 radical (unpaired) electrons. The molecule has 0 spiro atoms. The molecule has 0 saturated heterocycles. The van der Waals surface area contributed by atoms with E-state index in [-0.39, 0.29) is 11.6 Å². The second-order valence-electron chi connectivity index (χ2n) is 3.86. The minimum absolute atomic E-state index is 0.0352. The van der Waals surface area contributed by atoms with Gasteiger partial charge in [-0.3, -0.25) is 14.9 Å². The lowest BCUT2D eigenvalue weighted by molar-refractivity contribution is -0.385. The largest absolute Gasteiger partial charge is 0.481 e. The molecule has 0 aliphatic rings. The second kappa shape index (κ2) is 6.00. The van der Waals surface area contributed by atoms with Crippen LogP contribution < -0.4 is 10.1 Å². The third-order valence-corrected chi connectivity index (χ3v) is 2.40. The Balaban J connectivity index is 2.77. The van der Waals surface area contributed by atoms with Gasteiger partial charge in [0.15, 0.2) is 6.10 Å². The predicted octanol–water partition coefficient (Wildman–Crippen LogP) is 1.81. The van der Waals surface area contributed by atoms with Gasteiger partial charge in [0, 0.05) is 18.2 Å². The molecule has 1 N–H and O–H groups in total. The Morgan fingerprint density at radius 1 is 1.56 bits per heavy atom. The Morgan fingerprint density at radius 3 is 2.72 bits per heavy atom. The number of nitrogens with one attached hydrogen (secondary N) is 1. The molecule has 1 aromatic rings. The van der Waals surface area contributed by atoms with Crippen molar-refractivity contribution in [3.63, 3.8) is 0 Å². The lowest BCUT2D eigenvalue weighted by Gasteiger charge is -2.14. The molecular formula is C12H16N2O4. The summed E-state index contributed by atoms with van der Waals surface area (Å²) in [6.07, 6.45) is -0.634. The Morgan fingerprint density at radius 2 is 2.22 bits per heavy atom. The number of nitro groups is 1. The van der Waals surface area contributed by atoms with Gasteiger partial charge in [0.25, 0.3) is 11.6 Å². The zero-order chi connectivity index (χ0) is 13.7. The van der Waals surface area contributed by atoms with Gasteiger partial charge in [-0.15, -0.1) is 0 Å². The monoisotopic (exact) mass is 252 g/mol. The number of amides is 1. The van der Waals surface area contributed by atoms with E-state index in [0.717, 1.165) is 0 Å². The zero-order valence-corrected chi connectivity index (χ0v) is 10.6. The second-order valence-corrected chi connectivity index (χ2v) is 3.86. The third-order valence-electron chi connectivity index (χ3n) is 2.40. The first-order valence-electron chi connectivity index (χ1n) is 5.65. The highest BCUT2D eigenvalue weighted by Crippen LogP contribution is 2.23. The first-order valence-corrected chi connectivity index (χ1v) is 5.65. The number of benzene rings is 1. The average Bonchev–Trinajstić information content (AvgIpc) is 2.28. The van der Waals surface area contributed by atoms with Crippen LogP contribution in [0.1, 0.15) is 19.4 Å². The summed E-state index contributed by atoms with van der Waals surface area (Å²) in [7, 11) is 0. The van der Waals surface area contributed by atoms with E-state index in [4.69, 9.17) is 4.74 Å². The van der Waals surface area contributed by atoms with Gasteiger partial charge in [-0.1, -0.05) is 0 Å². The van der Waals surface area contributed by atoms with Crippen LogP contribution in [0.4, 0.5) is 5.69 Å². The van der Waals surface area contributed by atoms with Crippen LogP contribution in [0, 0.1) is 17.0 Å². The van der Waals surface area contributed by atoms with E-state index in [9.17, 15) is 14.9 Å². The summed E-state index contributed by atoms with van der Waals surface area (Å²) in [5, 5.41) is 13.3. The van der Waals surface area contributed by atoms with E-state index in [1.165, 1.54) is 12.1 Å². The van der Waals surface area contributed by atoms with Crippen molar-refractivity contribution < 1.29 is 14.5 Å². The first kappa shape index (κ1) is 14.0. The van der Waals surface area contributed by atoms with Gasteiger partial charge in [0.05, 0.1) is 4.92 Å². The third kappa shape index (κ3) is 3.44. The number of hydrogen-bond acceptors (Lipinski definition) is 4. The topological polar surface area (TPSA) is 81.5 Å². The molecule has 0 aliphatic carbocycles. The smallest absolute Gasteiger partial charge is 0.272 e. The molecular weight excluding hydrogens is 236 g/mol. The van der Waals surface area contributed by atoms with Crippen molar-refractivity contribution in [3.05, 3.63) is 33.9 Å². The van der Waals surface area contributed by atoms with Crippen LogP contribution in [0.25, 0.3) is 0 Å². The molecule has 1 amide bonds. The molecule has 6 heteroatoms. The normalized spacial score (nSPS) is 11.7. The van der Waals surface area contributed by atoms with Crippen molar-refractivity contribution >= 4 is 11.6 Å². The van der Waals surface area contributed by atoms with E-state index in [1.54, 1.807) is 19.9 Å².